The number of rotatable bonds is 6. The molecule has 0 saturated carbocycles. The predicted octanol–water partition coefficient (Wildman–Crippen LogP) is 3.14. The molecule has 168 valence electrons. The lowest BCUT2D eigenvalue weighted by atomic mass is 9.85. The highest BCUT2D eigenvalue weighted by Gasteiger charge is 2.33. The molecule has 9 nitrogen and oxygen atoms in total. The van der Waals surface area contributed by atoms with Crippen molar-refractivity contribution in [3.63, 3.8) is 0 Å². The molecule has 0 spiro atoms. The summed E-state index contributed by atoms with van der Waals surface area (Å²) in [7, 11) is 1.52. The van der Waals surface area contributed by atoms with Crippen LogP contribution in [0.25, 0.3) is 15.3 Å². The number of carbonyl (C=O) groups excluding carboxylic acids is 2. The lowest BCUT2D eigenvalue weighted by Gasteiger charge is -2.24. The zero-order chi connectivity index (χ0) is 23.1. The second kappa shape index (κ2) is 8.21. The molecule has 2 aromatic carbocycles. The Morgan fingerprint density at radius 1 is 1.27 bits per heavy atom. The Kier molecular flexibility index (Phi) is 5.21. The van der Waals surface area contributed by atoms with E-state index in [0.717, 1.165) is 27.0 Å². The molecule has 0 fully saturated rings. The average Bonchev–Trinajstić information content (AvgIpc) is 3.38. The molecule has 33 heavy (non-hydrogen) atoms. The topological polar surface area (TPSA) is 121 Å². The number of ether oxygens (including phenoxy) is 2. The third-order valence-electron chi connectivity index (χ3n) is 5.53. The maximum atomic E-state index is 12.7. The number of benzene rings is 2. The van der Waals surface area contributed by atoms with Crippen LogP contribution in [0.3, 0.4) is 0 Å². The van der Waals surface area contributed by atoms with Gasteiger partial charge in [-0.05, 0) is 36.8 Å². The zero-order valence-electron chi connectivity index (χ0n) is 18.0. The third-order valence-corrected chi connectivity index (χ3v) is 6.54. The van der Waals surface area contributed by atoms with Gasteiger partial charge >= 0.3 is 0 Å². The summed E-state index contributed by atoms with van der Waals surface area (Å²) in [5, 5.41) is 8.39. The van der Waals surface area contributed by atoms with Crippen LogP contribution >= 0.6 is 11.3 Å². The summed E-state index contributed by atoms with van der Waals surface area (Å²) in [6, 6.07) is 13.3. The van der Waals surface area contributed by atoms with E-state index in [2.05, 4.69) is 5.32 Å². The Morgan fingerprint density at radius 3 is 2.85 bits per heavy atom. The summed E-state index contributed by atoms with van der Waals surface area (Å²) in [6.07, 6.45) is 0.268. The van der Waals surface area contributed by atoms with Crippen LogP contribution in [0.1, 0.15) is 29.2 Å². The van der Waals surface area contributed by atoms with E-state index in [1.165, 1.54) is 18.4 Å². The van der Waals surface area contributed by atoms with Gasteiger partial charge in [0.15, 0.2) is 18.1 Å². The number of methoxy groups -OCH3 is 1. The normalized spacial score (nSPS) is 15.2. The van der Waals surface area contributed by atoms with Crippen molar-refractivity contribution < 1.29 is 19.1 Å². The molecule has 4 aromatic rings. The number of hydrogen-bond donors (Lipinski definition) is 2. The summed E-state index contributed by atoms with van der Waals surface area (Å²) in [5.41, 5.74) is 8.68. The number of nitrogens with two attached hydrogens (primary N) is 1. The van der Waals surface area contributed by atoms with Gasteiger partial charge in [0.25, 0.3) is 5.91 Å². The monoisotopic (exact) mass is 463 g/mol. The maximum absolute atomic E-state index is 12.7. The van der Waals surface area contributed by atoms with Crippen LogP contribution in [-0.2, 0) is 9.59 Å². The van der Waals surface area contributed by atoms with Gasteiger partial charge in [-0.25, -0.2) is 4.98 Å². The molecular formula is C23H21N5O4S. The number of thiazole rings is 1. The molecule has 0 bridgehead atoms. The van der Waals surface area contributed by atoms with Crippen molar-refractivity contribution in [1.29, 1.82) is 0 Å². The van der Waals surface area contributed by atoms with Crippen molar-refractivity contribution in [3.05, 3.63) is 59.3 Å². The highest BCUT2D eigenvalue weighted by molar-refractivity contribution is 7.20. The first-order chi connectivity index (χ1) is 15.9. The van der Waals surface area contributed by atoms with Crippen molar-refractivity contribution >= 4 is 39.2 Å². The van der Waals surface area contributed by atoms with E-state index in [4.69, 9.17) is 25.3 Å². The number of para-hydroxylation sites is 1. The van der Waals surface area contributed by atoms with E-state index in [9.17, 15) is 9.59 Å². The van der Waals surface area contributed by atoms with Crippen molar-refractivity contribution in [1.82, 2.24) is 14.8 Å². The van der Waals surface area contributed by atoms with Gasteiger partial charge in [0.2, 0.25) is 11.0 Å². The van der Waals surface area contributed by atoms with E-state index < -0.39 is 5.91 Å². The fourth-order valence-corrected chi connectivity index (χ4v) is 5.01. The number of fused-ring (bicyclic) bond motifs is 2. The Morgan fingerprint density at radius 2 is 2.09 bits per heavy atom. The van der Waals surface area contributed by atoms with Gasteiger partial charge in [-0.15, -0.1) is 0 Å². The standard InChI is InChI=1S/C23H21N5O4S/c1-12-21-14(13-7-8-16(17(9-13)31-2)32-11-19(24)29)10-20(30)26-22(21)28(27-12)23-25-15-5-3-4-6-18(15)33-23/h3-9,14H,10-11H2,1-2H3,(H2,24,29)(H,26,30)/t14-/m0/s1. The molecule has 3 N–H and O–H groups in total. The molecular weight excluding hydrogens is 442 g/mol. The van der Waals surface area contributed by atoms with Gasteiger partial charge in [-0.2, -0.15) is 9.78 Å². The summed E-state index contributed by atoms with van der Waals surface area (Å²) < 4.78 is 13.6. The van der Waals surface area contributed by atoms with Crippen molar-refractivity contribution in [2.75, 3.05) is 19.0 Å². The second-order valence-corrected chi connectivity index (χ2v) is 8.70. The number of hydrogen-bond acceptors (Lipinski definition) is 7. The molecule has 1 atom stereocenters. The number of amides is 2. The molecule has 1 aliphatic heterocycles. The Hall–Kier alpha value is -3.92. The fourth-order valence-electron chi connectivity index (χ4n) is 4.09. The number of primary amides is 1. The SMILES string of the molecule is COc1cc([C@@H]2CC(=O)Nc3c2c(C)nn3-c2nc3ccccc3s2)ccc1OCC(N)=O. The molecule has 0 radical (unpaired) electrons. The number of anilines is 1. The highest BCUT2D eigenvalue weighted by atomic mass is 32.1. The van der Waals surface area contributed by atoms with Crippen molar-refractivity contribution in [2.45, 2.75) is 19.3 Å². The smallest absolute Gasteiger partial charge is 0.255 e. The number of aryl methyl sites for hydroxylation is 1. The highest BCUT2D eigenvalue weighted by Crippen LogP contribution is 2.43. The molecule has 3 heterocycles. The van der Waals surface area contributed by atoms with Crippen molar-refractivity contribution in [2.24, 2.45) is 5.73 Å². The van der Waals surface area contributed by atoms with Crippen LogP contribution < -0.4 is 20.5 Å². The largest absolute Gasteiger partial charge is 0.493 e. The van der Waals surface area contributed by atoms with E-state index in [1.54, 1.807) is 10.7 Å². The Bertz CT molecular complexity index is 1360. The summed E-state index contributed by atoms with van der Waals surface area (Å²) in [4.78, 5) is 28.5. The molecule has 0 unspecified atom stereocenters. The van der Waals surface area contributed by atoms with Crippen LogP contribution in [0.15, 0.2) is 42.5 Å². The maximum Gasteiger partial charge on any atom is 0.255 e. The van der Waals surface area contributed by atoms with Gasteiger partial charge in [-0.1, -0.05) is 29.5 Å². The fraction of sp³-hybridized carbons (Fsp3) is 0.217. The number of carbonyl (C=O) groups is 2. The van der Waals surface area contributed by atoms with E-state index in [1.807, 2.05) is 43.3 Å². The first kappa shape index (κ1) is 21.0. The van der Waals surface area contributed by atoms with Gasteiger partial charge in [-0.3, -0.25) is 9.59 Å². The summed E-state index contributed by atoms with van der Waals surface area (Å²) >= 11 is 1.51. The molecule has 2 amide bonds. The van der Waals surface area contributed by atoms with Gasteiger partial charge < -0.3 is 20.5 Å². The van der Waals surface area contributed by atoms with Gasteiger partial charge in [0, 0.05) is 17.9 Å². The van der Waals surface area contributed by atoms with Crippen LogP contribution in [0, 0.1) is 6.92 Å². The lowest BCUT2D eigenvalue weighted by molar-refractivity contribution is -0.120. The van der Waals surface area contributed by atoms with Crippen LogP contribution in [0.4, 0.5) is 5.82 Å². The number of nitrogens with zero attached hydrogens (tertiary/aromatic N) is 3. The minimum absolute atomic E-state index is 0.109. The quantitative estimate of drug-likeness (QED) is 0.453. The number of nitrogens with one attached hydrogen (secondary N) is 1. The van der Waals surface area contributed by atoms with E-state index in [0.29, 0.717) is 22.4 Å². The van der Waals surface area contributed by atoms with Crippen molar-refractivity contribution in [3.8, 4) is 16.6 Å². The first-order valence-corrected chi connectivity index (χ1v) is 11.1. The van der Waals surface area contributed by atoms with Gasteiger partial charge in [0.1, 0.15) is 5.82 Å². The van der Waals surface area contributed by atoms with Crippen LogP contribution in [-0.4, -0.2) is 40.3 Å². The second-order valence-electron chi connectivity index (χ2n) is 7.69. The molecule has 0 aliphatic carbocycles. The third kappa shape index (κ3) is 3.78. The molecule has 5 rings (SSSR count). The molecule has 1 aliphatic rings. The summed E-state index contributed by atoms with van der Waals surface area (Å²) in [5.74, 6) is 0.576. The number of aromatic nitrogens is 3. The Balaban J connectivity index is 1.57. The minimum atomic E-state index is -0.576. The van der Waals surface area contributed by atoms with E-state index in [-0.39, 0.29) is 24.9 Å². The molecule has 10 heteroatoms. The summed E-state index contributed by atoms with van der Waals surface area (Å²) in [6.45, 7) is 1.68. The minimum Gasteiger partial charge on any atom is -0.493 e. The lowest BCUT2D eigenvalue weighted by Crippen LogP contribution is -2.25. The first-order valence-electron chi connectivity index (χ1n) is 10.3. The van der Waals surface area contributed by atoms with E-state index >= 15 is 0 Å². The van der Waals surface area contributed by atoms with Gasteiger partial charge in [0.05, 0.1) is 23.0 Å². The average molecular weight is 464 g/mol. The Labute approximate surface area is 193 Å². The molecule has 0 saturated heterocycles. The molecule has 2 aromatic heterocycles. The predicted molar refractivity (Wildman–Crippen MR) is 124 cm³/mol. The van der Waals surface area contributed by atoms with Crippen LogP contribution in [0.2, 0.25) is 0 Å². The van der Waals surface area contributed by atoms with Crippen LogP contribution in [0.5, 0.6) is 11.5 Å². The zero-order valence-corrected chi connectivity index (χ0v) is 18.8.